The molecule has 2 saturated carbocycles. The predicted molar refractivity (Wildman–Crippen MR) is 145 cm³/mol. The van der Waals surface area contributed by atoms with Crippen molar-refractivity contribution in [2.45, 2.75) is 71.1 Å². The zero-order chi connectivity index (χ0) is 25.6. The van der Waals surface area contributed by atoms with E-state index in [9.17, 15) is 9.90 Å². The van der Waals surface area contributed by atoms with Crippen molar-refractivity contribution in [1.82, 2.24) is 4.98 Å². The summed E-state index contributed by atoms with van der Waals surface area (Å²) in [5.74, 6) is 1.76. The smallest absolute Gasteiger partial charge is 0.226 e. The number of aromatic hydroxyl groups is 1. The number of nitrogens with one attached hydrogen (secondary N) is 1. The summed E-state index contributed by atoms with van der Waals surface area (Å²) in [7, 11) is 1.63. The van der Waals surface area contributed by atoms with E-state index in [1.54, 1.807) is 13.3 Å². The van der Waals surface area contributed by atoms with E-state index in [4.69, 9.17) is 28.0 Å². The van der Waals surface area contributed by atoms with Gasteiger partial charge in [-0.2, -0.15) is 0 Å². The molecule has 6 nitrogen and oxygen atoms in total. The molecule has 5 atom stereocenters. The maximum Gasteiger partial charge on any atom is 0.226 e. The zero-order valence-electron chi connectivity index (χ0n) is 20.9. The molecule has 1 aromatic heterocycles. The molecule has 0 spiro atoms. The first-order valence-electron chi connectivity index (χ1n) is 12.8. The number of aryl methyl sites for hydroxylation is 1. The number of hydrogen-bond donors (Lipinski definition) is 2. The molecule has 9 heteroatoms. The van der Waals surface area contributed by atoms with Crippen LogP contribution in [0.2, 0.25) is 10.0 Å². The molecule has 1 amide bonds. The van der Waals surface area contributed by atoms with Crippen molar-refractivity contribution in [3.8, 4) is 5.75 Å². The Morgan fingerprint density at radius 1 is 1.39 bits per heavy atom. The second kappa shape index (κ2) is 10.1. The lowest BCUT2D eigenvalue weighted by Crippen LogP contribution is -2.44. The highest BCUT2D eigenvalue weighted by Crippen LogP contribution is 2.63. The SMILES string of the molecule is CO/N=C1\C[C@@H](CCCC(=O)Nc2ncc(C)s2)C2C3CCc4c(cc(Cl)c(O)c4Cl)C3CC[C@]12C. The number of hydrogen-bond acceptors (Lipinski definition) is 6. The summed E-state index contributed by atoms with van der Waals surface area (Å²) in [6.45, 7) is 4.34. The summed E-state index contributed by atoms with van der Waals surface area (Å²) in [4.78, 5) is 23.1. The highest BCUT2D eigenvalue weighted by Gasteiger charge is 2.57. The molecule has 3 aliphatic rings. The Labute approximate surface area is 226 Å². The molecule has 0 saturated heterocycles. The number of nitrogens with zero attached hydrogens (tertiary/aromatic N) is 2. The van der Waals surface area contributed by atoms with Gasteiger partial charge in [-0.15, -0.1) is 11.3 Å². The predicted octanol–water partition coefficient (Wildman–Crippen LogP) is 7.36. The molecule has 0 radical (unpaired) electrons. The summed E-state index contributed by atoms with van der Waals surface area (Å²) in [5, 5.41) is 19.1. The van der Waals surface area contributed by atoms with Crippen LogP contribution in [0.3, 0.4) is 0 Å². The minimum Gasteiger partial charge on any atom is -0.505 e. The van der Waals surface area contributed by atoms with Gasteiger partial charge in [0.1, 0.15) is 7.11 Å². The minimum atomic E-state index is -0.00940. The largest absolute Gasteiger partial charge is 0.505 e. The molecule has 2 fully saturated rings. The number of fused-ring (bicyclic) bond motifs is 5. The van der Waals surface area contributed by atoms with E-state index in [0.29, 0.717) is 45.3 Å². The number of rotatable bonds is 6. The van der Waals surface area contributed by atoms with E-state index in [1.807, 2.05) is 13.0 Å². The molecule has 0 bridgehead atoms. The van der Waals surface area contributed by atoms with Crippen LogP contribution in [-0.2, 0) is 16.1 Å². The second-order valence-corrected chi connectivity index (χ2v) is 12.8. The monoisotopic (exact) mass is 549 g/mol. The molecule has 194 valence electrons. The first kappa shape index (κ1) is 25.8. The average Bonchev–Trinajstić information content (AvgIpc) is 3.37. The van der Waals surface area contributed by atoms with Gasteiger partial charge in [0.15, 0.2) is 10.9 Å². The highest BCUT2D eigenvalue weighted by atomic mass is 35.5. The molecule has 2 aromatic rings. The van der Waals surface area contributed by atoms with Crippen molar-refractivity contribution in [2.24, 2.45) is 28.3 Å². The normalized spacial score (nSPS) is 30.0. The average molecular weight is 551 g/mol. The van der Waals surface area contributed by atoms with Crippen LogP contribution in [0.4, 0.5) is 5.13 Å². The van der Waals surface area contributed by atoms with Crippen LogP contribution in [-0.4, -0.2) is 28.8 Å². The maximum absolute atomic E-state index is 12.5. The molecule has 1 heterocycles. The number of thiazole rings is 1. The van der Waals surface area contributed by atoms with Crippen LogP contribution < -0.4 is 5.32 Å². The Morgan fingerprint density at radius 3 is 2.92 bits per heavy atom. The Bertz CT molecular complexity index is 1200. The molecular formula is C27H33Cl2N3O3S. The summed E-state index contributed by atoms with van der Waals surface area (Å²) >= 11 is 14.4. The number of phenolic OH excluding ortho intramolecular Hbond substituents is 1. The lowest BCUT2D eigenvalue weighted by Gasteiger charge is -2.50. The number of carbonyl (C=O) groups is 1. The van der Waals surface area contributed by atoms with Crippen LogP contribution in [0.5, 0.6) is 5.75 Å². The van der Waals surface area contributed by atoms with Crippen molar-refractivity contribution in [3.05, 3.63) is 38.3 Å². The van der Waals surface area contributed by atoms with Crippen molar-refractivity contribution in [1.29, 1.82) is 0 Å². The van der Waals surface area contributed by atoms with Gasteiger partial charge in [0.2, 0.25) is 5.91 Å². The van der Waals surface area contributed by atoms with Crippen LogP contribution >= 0.6 is 34.5 Å². The van der Waals surface area contributed by atoms with Crippen molar-refractivity contribution < 1.29 is 14.7 Å². The third-order valence-corrected chi connectivity index (χ3v) is 10.3. The Morgan fingerprint density at radius 2 is 2.19 bits per heavy atom. The van der Waals surface area contributed by atoms with Gasteiger partial charge >= 0.3 is 0 Å². The first-order chi connectivity index (χ1) is 17.2. The van der Waals surface area contributed by atoms with Crippen LogP contribution in [0.1, 0.15) is 73.8 Å². The minimum absolute atomic E-state index is 0.00405. The van der Waals surface area contributed by atoms with Crippen molar-refractivity contribution in [3.63, 3.8) is 0 Å². The molecule has 5 rings (SSSR count). The second-order valence-electron chi connectivity index (χ2n) is 10.8. The zero-order valence-corrected chi connectivity index (χ0v) is 23.3. The van der Waals surface area contributed by atoms with E-state index in [-0.39, 0.29) is 17.1 Å². The fraction of sp³-hybridized carbons (Fsp3) is 0.593. The number of halogens is 2. The maximum atomic E-state index is 12.5. The number of amides is 1. The fourth-order valence-electron chi connectivity index (χ4n) is 7.36. The van der Waals surface area contributed by atoms with Gasteiger partial charge in [-0.1, -0.05) is 35.3 Å². The first-order valence-corrected chi connectivity index (χ1v) is 14.3. The molecular weight excluding hydrogens is 517 g/mol. The van der Waals surface area contributed by atoms with Crippen molar-refractivity contribution >= 4 is 51.3 Å². The van der Waals surface area contributed by atoms with Gasteiger partial charge in [-0.25, -0.2) is 4.98 Å². The van der Waals surface area contributed by atoms with Crippen LogP contribution in [0, 0.1) is 30.1 Å². The number of anilines is 1. The molecule has 36 heavy (non-hydrogen) atoms. The fourth-order valence-corrected chi connectivity index (χ4v) is 8.60. The molecule has 1 aromatic carbocycles. The summed E-state index contributed by atoms with van der Waals surface area (Å²) in [6, 6.07) is 1.94. The summed E-state index contributed by atoms with van der Waals surface area (Å²) < 4.78 is 0. The van der Waals surface area contributed by atoms with Gasteiger partial charge in [-0.05, 0) is 92.7 Å². The molecule has 3 aliphatic carbocycles. The lowest BCUT2D eigenvalue weighted by molar-refractivity contribution is -0.116. The number of benzene rings is 1. The third kappa shape index (κ3) is 4.52. The van der Waals surface area contributed by atoms with Gasteiger partial charge in [0.25, 0.3) is 0 Å². The quantitative estimate of drug-likeness (QED) is 0.368. The number of oxime groups is 1. The van der Waals surface area contributed by atoms with E-state index < -0.39 is 0 Å². The third-order valence-electron chi connectivity index (χ3n) is 8.82. The Balaban J connectivity index is 1.35. The van der Waals surface area contributed by atoms with Crippen LogP contribution in [0.15, 0.2) is 17.4 Å². The topological polar surface area (TPSA) is 83.8 Å². The van der Waals surface area contributed by atoms with E-state index in [1.165, 1.54) is 16.9 Å². The summed E-state index contributed by atoms with van der Waals surface area (Å²) in [5.41, 5.74) is 3.41. The van der Waals surface area contributed by atoms with E-state index in [0.717, 1.165) is 61.1 Å². The van der Waals surface area contributed by atoms with Gasteiger partial charge in [0, 0.05) is 22.9 Å². The highest BCUT2D eigenvalue weighted by molar-refractivity contribution is 7.15. The number of phenols is 1. The number of aromatic nitrogens is 1. The molecule has 0 aliphatic heterocycles. The standard InChI is InChI=1S/C27H33Cl2N3O3S/c1-14-13-30-26(36-14)31-22(33)6-4-5-15-11-21(32-35-3)27(2)10-9-16-17(23(15)27)7-8-18-19(16)12-20(28)25(34)24(18)29/h12-13,15-17,23,34H,4-11H2,1-3H3,(H,30,31,33)/b32-21+/t15-,16?,17?,23?,27-/m1/s1. The Hall–Kier alpha value is -1.83. The molecule has 2 N–H and O–H groups in total. The van der Waals surface area contributed by atoms with E-state index >= 15 is 0 Å². The van der Waals surface area contributed by atoms with Crippen LogP contribution in [0.25, 0.3) is 0 Å². The van der Waals surface area contributed by atoms with E-state index in [2.05, 4.69) is 22.4 Å². The lowest BCUT2D eigenvalue weighted by atomic mass is 9.54. The van der Waals surface area contributed by atoms with Crippen molar-refractivity contribution in [2.75, 3.05) is 12.4 Å². The number of carbonyl (C=O) groups excluding carboxylic acids is 1. The summed E-state index contributed by atoms with van der Waals surface area (Å²) in [6.07, 6.45) is 8.90. The Kier molecular flexibility index (Phi) is 7.27. The molecule has 3 unspecified atom stereocenters. The van der Waals surface area contributed by atoms with Gasteiger partial charge in [-0.3, -0.25) is 4.79 Å². The van der Waals surface area contributed by atoms with Gasteiger partial charge < -0.3 is 15.3 Å². The van der Waals surface area contributed by atoms with Gasteiger partial charge in [0.05, 0.1) is 15.8 Å².